The number of aromatic nitrogens is 3. The van der Waals surface area contributed by atoms with Crippen LogP contribution in [0.15, 0.2) is 192 Å². The van der Waals surface area contributed by atoms with E-state index >= 15 is 0 Å². The second kappa shape index (κ2) is 12.3. The summed E-state index contributed by atoms with van der Waals surface area (Å²) in [5.74, 6) is 2.29. The van der Waals surface area contributed by atoms with Gasteiger partial charge in [0.25, 0.3) is 0 Å². The zero-order valence-corrected chi connectivity index (χ0v) is 31.6. The number of fused-ring (bicyclic) bond motifs is 4. The molecular weight excluding hydrogens is 719 g/mol. The lowest BCUT2D eigenvalue weighted by molar-refractivity contribution is 0.625. The first-order valence-electron chi connectivity index (χ1n) is 20.0. The van der Waals surface area contributed by atoms with Gasteiger partial charge in [0.1, 0.15) is 5.58 Å². The van der Waals surface area contributed by atoms with Crippen molar-refractivity contribution in [2.75, 3.05) is 0 Å². The smallest absolute Gasteiger partial charge is 0.199 e. The molecule has 0 aliphatic carbocycles. The van der Waals surface area contributed by atoms with Crippen molar-refractivity contribution in [1.82, 2.24) is 15.0 Å². The Bertz CT molecular complexity index is 3810. The summed E-state index contributed by atoms with van der Waals surface area (Å²) in [6.45, 7) is 0. The van der Waals surface area contributed by atoms with Crippen molar-refractivity contribution in [3.8, 4) is 45.5 Å². The summed E-state index contributed by atoms with van der Waals surface area (Å²) in [5.41, 5.74) is 4.95. The fourth-order valence-electron chi connectivity index (χ4n) is 9.60. The number of hydrogen-bond donors (Lipinski definition) is 0. The summed E-state index contributed by atoms with van der Waals surface area (Å²) in [5, 5.41) is 18.4. The lowest BCUT2D eigenvalue weighted by Gasteiger charge is -2.18. The van der Waals surface area contributed by atoms with Crippen molar-refractivity contribution in [2.24, 2.45) is 0 Å². The normalized spacial score (nSPS) is 12.1. The molecule has 59 heavy (non-hydrogen) atoms. The first-order chi connectivity index (χ1) is 29.2. The highest BCUT2D eigenvalue weighted by atomic mass is 16.3. The summed E-state index contributed by atoms with van der Waals surface area (Å²) in [4.78, 5) is 15.2. The maximum absolute atomic E-state index is 6.31. The number of furan rings is 1. The summed E-state index contributed by atoms with van der Waals surface area (Å²) >= 11 is 0. The van der Waals surface area contributed by atoms with Crippen LogP contribution in [-0.4, -0.2) is 15.0 Å². The molecule has 0 bridgehead atoms. The second-order valence-electron chi connectivity index (χ2n) is 15.5. The monoisotopic (exact) mass is 749 g/mol. The Balaban J connectivity index is 1.09. The standard InChI is InChI=1S/C55H31N3O/c1-2-11-35(12-3-1)53-56-54(58-55(57-53)48-31-36-13-4-7-22-47(36)59-48)45-28-27-39(40-17-5-6-18-41(40)45)38-29-37-26-25-34-15-9-20-43-42-19-8-14-32-23-24-33-16-10-21-44(51(33)49(32)42)46(30-38)52(37)50(34)43/h1-31H. The minimum absolute atomic E-state index is 0.496. The van der Waals surface area contributed by atoms with Gasteiger partial charge in [0.2, 0.25) is 0 Å². The average Bonchev–Trinajstić information content (AvgIpc) is 3.75. The molecule has 13 aromatic rings. The molecule has 0 aliphatic heterocycles. The molecule has 0 aliphatic rings. The quantitative estimate of drug-likeness (QED) is 0.168. The second-order valence-corrected chi connectivity index (χ2v) is 15.5. The third kappa shape index (κ3) is 4.81. The van der Waals surface area contributed by atoms with E-state index in [1.54, 1.807) is 0 Å². The van der Waals surface area contributed by atoms with Crippen LogP contribution in [-0.2, 0) is 0 Å². The van der Waals surface area contributed by atoms with Crippen LogP contribution in [0.3, 0.4) is 0 Å². The molecule has 4 nitrogen and oxygen atoms in total. The van der Waals surface area contributed by atoms with Crippen molar-refractivity contribution in [3.05, 3.63) is 188 Å². The summed E-state index contributed by atoms with van der Waals surface area (Å²) in [6.07, 6.45) is 0. The first-order valence-corrected chi connectivity index (χ1v) is 20.0. The highest BCUT2D eigenvalue weighted by Gasteiger charge is 2.20. The third-order valence-electron chi connectivity index (χ3n) is 12.2. The molecule has 0 atom stereocenters. The minimum Gasteiger partial charge on any atom is -0.453 e. The third-order valence-corrected chi connectivity index (χ3v) is 12.2. The van der Waals surface area contributed by atoms with Gasteiger partial charge in [0, 0.05) is 16.5 Å². The van der Waals surface area contributed by atoms with Gasteiger partial charge in [-0.05, 0) is 117 Å². The molecule has 0 spiro atoms. The molecular formula is C55H31N3O. The molecule has 0 unspecified atom stereocenters. The first kappa shape index (κ1) is 32.2. The van der Waals surface area contributed by atoms with Crippen LogP contribution in [0.4, 0.5) is 0 Å². The topological polar surface area (TPSA) is 51.8 Å². The van der Waals surface area contributed by atoms with E-state index in [4.69, 9.17) is 19.4 Å². The SMILES string of the molecule is c1ccc(-c2nc(-c3cc4ccccc4o3)nc(-c3ccc(-c4cc5ccc6cccc7c8cccc9ccc%10cccc(c(c4)c5c67)c%10c98)c4ccccc34)n2)cc1. The van der Waals surface area contributed by atoms with Crippen LogP contribution < -0.4 is 0 Å². The molecule has 0 amide bonds. The highest BCUT2D eigenvalue weighted by Crippen LogP contribution is 2.45. The summed E-state index contributed by atoms with van der Waals surface area (Å²) in [6, 6.07) is 67.3. The molecule has 2 heterocycles. The summed E-state index contributed by atoms with van der Waals surface area (Å²) in [7, 11) is 0. The van der Waals surface area contributed by atoms with Gasteiger partial charge in [-0.1, -0.05) is 158 Å². The van der Waals surface area contributed by atoms with Crippen LogP contribution in [0, 0.1) is 0 Å². The average molecular weight is 750 g/mol. The highest BCUT2D eigenvalue weighted by molar-refractivity contribution is 6.37. The van der Waals surface area contributed by atoms with Gasteiger partial charge in [-0.3, -0.25) is 0 Å². The lowest BCUT2D eigenvalue weighted by atomic mass is 9.86. The number of benzene rings is 10. The van der Waals surface area contributed by atoms with Gasteiger partial charge in [0.15, 0.2) is 23.2 Å². The maximum Gasteiger partial charge on any atom is 0.199 e. The Labute approximate surface area is 338 Å². The summed E-state index contributed by atoms with van der Waals surface area (Å²) < 4.78 is 6.31. The molecule has 0 radical (unpaired) electrons. The van der Waals surface area contributed by atoms with Gasteiger partial charge in [0.05, 0.1) is 0 Å². The van der Waals surface area contributed by atoms with E-state index < -0.39 is 0 Å². The minimum atomic E-state index is 0.496. The Morgan fingerprint density at radius 2 is 0.797 bits per heavy atom. The van der Waals surface area contributed by atoms with E-state index in [9.17, 15) is 0 Å². The Kier molecular flexibility index (Phi) is 6.69. The van der Waals surface area contributed by atoms with Gasteiger partial charge in [-0.15, -0.1) is 0 Å². The zero-order chi connectivity index (χ0) is 38.6. The molecule has 13 rings (SSSR count). The molecule has 0 N–H and O–H groups in total. The molecule has 0 fully saturated rings. The van der Waals surface area contributed by atoms with Gasteiger partial charge >= 0.3 is 0 Å². The number of rotatable bonds is 4. The van der Waals surface area contributed by atoms with Crippen LogP contribution in [0.5, 0.6) is 0 Å². The Hall–Kier alpha value is -7.95. The fraction of sp³-hybridized carbons (Fsp3) is 0. The molecule has 4 heteroatoms. The van der Waals surface area contributed by atoms with Crippen molar-refractivity contribution >= 4 is 86.4 Å². The van der Waals surface area contributed by atoms with Crippen molar-refractivity contribution in [2.45, 2.75) is 0 Å². The van der Waals surface area contributed by atoms with E-state index in [1.807, 2.05) is 60.7 Å². The van der Waals surface area contributed by atoms with Crippen molar-refractivity contribution < 1.29 is 4.42 Å². The Morgan fingerprint density at radius 3 is 1.49 bits per heavy atom. The Morgan fingerprint density at radius 1 is 0.288 bits per heavy atom. The van der Waals surface area contributed by atoms with E-state index in [0.717, 1.165) is 44.0 Å². The van der Waals surface area contributed by atoms with E-state index in [0.29, 0.717) is 23.2 Å². The van der Waals surface area contributed by atoms with Crippen molar-refractivity contribution in [3.63, 3.8) is 0 Å². The maximum atomic E-state index is 6.31. The van der Waals surface area contributed by atoms with E-state index in [2.05, 4.69) is 127 Å². The predicted molar refractivity (Wildman–Crippen MR) is 245 cm³/mol. The van der Waals surface area contributed by atoms with Crippen LogP contribution in [0.25, 0.3) is 132 Å². The van der Waals surface area contributed by atoms with Gasteiger partial charge in [-0.2, -0.15) is 0 Å². The fourth-order valence-corrected chi connectivity index (χ4v) is 9.60. The number of hydrogen-bond acceptors (Lipinski definition) is 4. The largest absolute Gasteiger partial charge is 0.453 e. The molecule has 0 saturated heterocycles. The number of para-hydroxylation sites is 1. The van der Waals surface area contributed by atoms with Gasteiger partial charge < -0.3 is 4.42 Å². The van der Waals surface area contributed by atoms with E-state index in [-0.39, 0.29) is 0 Å². The molecule has 11 aromatic carbocycles. The molecule has 2 aromatic heterocycles. The van der Waals surface area contributed by atoms with Crippen LogP contribution in [0.1, 0.15) is 0 Å². The van der Waals surface area contributed by atoms with Crippen molar-refractivity contribution in [1.29, 1.82) is 0 Å². The van der Waals surface area contributed by atoms with E-state index in [1.165, 1.54) is 64.6 Å². The van der Waals surface area contributed by atoms with Crippen LogP contribution in [0.2, 0.25) is 0 Å². The molecule has 0 saturated carbocycles. The number of nitrogens with zero attached hydrogens (tertiary/aromatic N) is 3. The lowest BCUT2D eigenvalue weighted by Crippen LogP contribution is -2.00. The zero-order valence-electron chi connectivity index (χ0n) is 31.6. The predicted octanol–water partition coefficient (Wildman–Crippen LogP) is 14.8. The van der Waals surface area contributed by atoms with Crippen LogP contribution >= 0.6 is 0 Å². The van der Waals surface area contributed by atoms with Gasteiger partial charge in [-0.25, -0.2) is 15.0 Å². The molecule has 272 valence electrons.